The Balaban J connectivity index is 2.03. The minimum atomic E-state index is 0.679. The van der Waals surface area contributed by atoms with Crippen molar-refractivity contribution in [2.24, 2.45) is 5.92 Å². The summed E-state index contributed by atoms with van der Waals surface area (Å²) in [5, 5.41) is 3.49. The third kappa shape index (κ3) is 1.27. The summed E-state index contributed by atoms with van der Waals surface area (Å²) in [7, 11) is 0. The van der Waals surface area contributed by atoms with Crippen molar-refractivity contribution >= 4 is 0 Å². The van der Waals surface area contributed by atoms with Gasteiger partial charge in [0.25, 0.3) is 0 Å². The topological polar surface area (TPSA) is 15.3 Å². The lowest BCUT2D eigenvalue weighted by Crippen LogP contribution is -2.36. The van der Waals surface area contributed by atoms with E-state index < -0.39 is 0 Å². The molecule has 2 heterocycles. The van der Waals surface area contributed by atoms with E-state index in [2.05, 4.69) is 29.4 Å². The maximum absolute atomic E-state index is 3.49. The second-order valence-corrected chi connectivity index (χ2v) is 3.46. The molecule has 0 radical (unpaired) electrons. The van der Waals surface area contributed by atoms with Crippen molar-refractivity contribution in [2.45, 2.75) is 19.4 Å². The van der Waals surface area contributed by atoms with Crippen LogP contribution in [0.25, 0.3) is 0 Å². The second kappa shape index (κ2) is 2.86. The van der Waals surface area contributed by atoms with Crippen LogP contribution in [0.4, 0.5) is 0 Å². The van der Waals surface area contributed by atoms with Gasteiger partial charge in [-0.2, -0.15) is 0 Å². The first-order valence-corrected chi connectivity index (χ1v) is 4.56. The molecule has 2 aliphatic rings. The fourth-order valence-electron chi connectivity index (χ4n) is 2.02. The molecule has 0 aromatic rings. The van der Waals surface area contributed by atoms with Gasteiger partial charge in [-0.05, 0) is 32.0 Å². The standard InChI is InChI=1S/C9H16N2/c1-2-11-6-4-9-8(7-11)3-5-10-9/h4,6,8-10H,2-3,5,7H2,1H3. The molecule has 1 fully saturated rings. The summed E-state index contributed by atoms with van der Waals surface area (Å²) in [6, 6.07) is 0.679. The number of rotatable bonds is 1. The van der Waals surface area contributed by atoms with Crippen LogP contribution < -0.4 is 5.32 Å². The summed E-state index contributed by atoms with van der Waals surface area (Å²) in [4.78, 5) is 2.40. The average Bonchev–Trinajstić information content (AvgIpc) is 2.50. The Morgan fingerprint density at radius 3 is 3.36 bits per heavy atom. The van der Waals surface area contributed by atoms with Gasteiger partial charge < -0.3 is 10.2 Å². The lowest BCUT2D eigenvalue weighted by atomic mass is 9.97. The summed E-state index contributed by atoms with van der Waals surface area (Å²) in [5.74, 6) is 0.875. The number of hydrogen-bond donors (Lipinski definition) is 1. The van der Waals surface area contributed by atoms with Crippen molar-refractivity contribution in [3.05, 3.63) is 12.3 Å². The first-order valence-electron chi connectivity index (χ1n) is 4.56. The van der Waals surface area contributed by atoms with Gasteiger partial charge in [-0.15, -0.1) is 0 Å². The van der Waals surface area contributed by atoms with Crippen LogP contribution in [0.3, 0.4) is 0 Å². The molecule has 2 unspecified atom stereocenters. The third-order valence-corrected chi connectivity index (χ3v) is 2.78. The zero-order valence-electron chi connectivity index (χ0n) is 7.09. The smallest absolute Gasteiger partial charge is 0.0312 e. The predicted molar refractivity (Wildman–Crippen MR) is 46.3 cm³/mol. The van der Waals surface area contributed by atoms with Gasteiger partial charge in [0.2, 0.25) is 0 Å². The molecule has 0 aromatic carbocycles. The molecule has 2 atom stereocenters. The second-order valence-electron chi connectivity index (χ2n) is 3.46. The van der Waals surface area contributed by atoms with E-state index in [1.165, 1.54) is 19.5 Å². The van der Waals surface area contributed by atoms with Crippen LogP contribution in [0.5, 0.6) is 0 Å². The van der Waals surface area contributed by atoms with Crippen LogP contribution in [0.1, 0.15) is 13.3 Å². The molecule has 0 saturated carbocycles. The van der Waals surface area contributed by atoms with Gasteiger partial charge in [0, 0.05) is 19.1 Å². The summed E-state index contributed by atoms with van der Waals surface area (Å²) in [5.41, 5.74) is 0. The minimum absolute atomic E-state index is 0.679. The molecule has 0 amide bonds. The number of hydrogen-bond acceptors (Lipinski definition) is 2. The number of fused-ring (bicyclic) bond motifs is 1. The molecule has 1 N–H and O–H groups in total. The van der Waals surface area contributed by atoms with Gasteiger partial charge >= 0.3 is 0 Å². The summed E-state index contributed by atoms with van der Waals surface area (Å²) >= 11 is 0. The molecule has 1 saturated heterocycles. The first kappa shape index (κ1) is 7.17. The van der Waals surface area contributed by atoms with Crippen molar-refractivity contribution in [3.63, 3.8) is 0 Å². The highest BCUT2D eigenvalue weighted by Crippen LogP contribution is 2.21. The molecule has 0 aromatic heterocycles. The Labute approximate surface area is 68.3 Å². The molecular formula is C9H16N2. The molecule has 62 valence electrons. The maximum atomic E-state index is 3.49. The highest BCUT2D eigenvalue weighted by Gasteiger charge is 2.28. The van der Waals surface area contributed by atoms with E-state index in [4.69, 9.17) is 0 Å². The molecule has 2 aliphatic heterocycles. The third-order valence-electron chi connectivity index (χ3n) is 2.78. The Kier molecular flexibility index (Phi) is 1.86. The molecule has 0 aliphatic carbocycles. The molecular weight excluding hydrogens is 136 g/mol. The van der Waals surface area contributed by atoms with E-state index in [9.17, 15) is 0 Å². The van der Waals surface area contributed by atoms with Crippen molar-refractivity contribution < 1.29 is 0 Å². The van der Waals surface area contributed by atoms with Crippen molar-refractivity contribution in [1.82, 2.24) is 10.2 Å². The Bertz CT molecular complexity index is 165. The van der Waals surface area contributed by atoms with Gasteiger partial charge in [-0.1, -0.05) is 6.08 Å². The average molecular weight is 152 g/mol. The van der Waals surface area contributed by atoms with E-state index in [0.717, 1.165) is 12.5 Å². The van der Waals surface area contributed by atoms with E-state index in [0.29, 0.717) is 6.04 Å². The zero-order valence-corrected chi connectivity index (χ0v) is 7.09. The van der Waals surface area contributed by atoms with Crippen LogP contribution in [-0.2, 0) is 0 Å². The van der Waals surface area contributed by atoms with E-state index >= 15 is 0 Å². The lowest BCUT2D eigenvalue weighted by Gasteiger charge is -2.29. The Morgan fingerprint density at radius 2 is 2.55 bits per heavy atom. The van der Waals surface area contributed by atoms with Crippen LogP contribution in [-0.4, -0.2) is 30.6 Å². The van der Waals surface area contributed by atoms with Crippen molar-refractivity contribution in [3.8, 4) is 0 Å². The zero-order chi connectivity index (χ0) is 7.68. The number of nitrogens with zero attached hydrogens (tertiary/aromatic N) is 1. The van der Waals surface area contributed by atoms with Gasteiger partial charge in [0.05, 0.1) is 0 Å². The Hall–Kier alpha value is -0.500. The molecule has 11 heavy (non-hydrogen) atoms. The van der Waals surface area contributed by atoms with Crippen LogP contribution in [0.2, 0.25) is 0 Å². The van der Waals surface area contributed by atoms with Crippen molar-refractivity contribution in [2.75, 3.05) is 19.6 Å². The van der Waals surface area contributed by atoms with E-state index in [1.807, 2.05) is 0 Å². The monoisotopic (exact) mass is 152 g/mol. The van der Waals surface area contributed by atoms with Gasteiger partial charge in [0.1, 0.15) is 0 Å². The van der Waals surface area contributed by atoms with Crippen LogP contribution >= 0.6 is 0 Å². The molecule has 0 spiro atoms. The normalized spacial score (nSPS) is 35.9. The quantitative estimate of drug-likeness (QED) is 0.598. The Morgan fingerprint density at radius 1 is 1.64 bits per heavy atom. The predicted octanol–water partition coefficient (Wildman–Crippen LogP) is 0.814. The fraction of sp³-hybridized carbons (Fsp3) is 0.778. The summed E-state index contributed by atoms with van der Waals surface area (Å²) in [6.45, 7) is 5.83. The van der Waals surface area contributed by atoms with E-state index in [1.54, 1.807) is 0 Å². The number of nitrogens with one attached hydrogen (secondary N) is 1. The highest BCUT2D eigenvalue weighted by atomic mass is 15.1. The van der Waals surface area contributed by atoms with E-state index in [-0.39, 0.29) is 0 Å². The van der Waals surface area contributed by atoms with Crippen LogP contribution in [0, 0.1) is 5.92 Å². The van der Waals surface area contributed by atoms with Crippen LogP contribution in [0.15, 0.2) is 12.3 Å². The molecule has 2 heteroatoms. The molecule has 0 bridgehead atoms. The van der Waals surface area contributed by atoms with Gasteiger partial charge in [-0.25, -0.2) is 0 Å². The highest BCUT2D eigenvalue weighted by molar-refractivity contribution is 5.05. The first-order chi connectivity index (χ1) is 5.40. The maximum Gasteiger partial charge on any atom is 0.0312 e. The van der Waals surface area contributed by atoms with Crippen molar-refractivity contribution in [1.29, 1.82) is 0 Å². The summed E-state index contributed by atoms with van der Waals surface area (Å²) in [6.07, 6.45) is 5.90. The summed E-state index contributed by atoms with van der Waals surface area (Å²) < 4.78 is 0. The SMILES string of the molecule is CCN1C=CC2NCCC2C1. The van der Waals surface area contributed by atoms with Gasteiger partial charge in [-0.3, -0.25) is 0 Å². The molecule has 2 nitrogen and oxygen atoms in total. The lowest BCUT2D eigenvalue weighted by molar-refractivity contribution is 0.292. The molecule has 2 rings (SSSR count). The van der Waals surface area contributed by atoms with Gasteiger partial charge in [0.15, 0.2) is 0 Å². The largest absolute Gasteiger partial charge is 0.378 e. The fourth-order valence-corrected chi connectivity index (χ4v) is 2.02. The minimum Gasteiger partial charge on any atom is -0.378 e.